The maximum absolute atomic E-state index is 13.3. The van der Waals surface area contributed by atoms with Crippen LogP contribution in [0.1, 0.15) is 69.4 Å². The molecule has 4 N–H and O–H groups in total. The Kier molecular flexibility index (Phi) is 9.01. The van der Waals surface area contributed by atoms with Crippen LogP contribution in [0.3, 0.4) is 0 Å². The SMILES string of the molecule is COc1ccc2c3c1O[C@H]1C(OC(=O)N(C)CCCC(=O)[C@H](CCCCC(=N)N)NC(C)=O)=CC[C@H]4C(C2)N(C)CC[C@]314. The van der Waals surface area contributed by atoms with Crippen LogP contribution in [0.4, 0.5) is 4.79 Å². The topological polar surface area (TPSA) is 147 Å². The van der Waals surface area contributed by atoms with E-state index in [9.17, 15) is 14.4 Å². The Morgan fingerprint density at radius 3 is 2.77 bits per heavy atom. The number of hydrogen-bond donors (Lipinski definition) is 3. The Morgan fingerprint density at radius 1 is 1.26 bits per heavy atom. The summed E-state index contributed by atoms with van der Waals surface area (Å²) in [6, 6.07) is 3.95. The third-order valence-electron chi connectivity index (χ3n) is 9.82. The summed E-state index contributed by atoms with van der Waals surface area (Å²) in [6.45, 7) is 2.67. The van der Waals surface area contributed by atoms with Gasteiger partial charge in [0.1, 0.15) is 5.76 Å². The van der Waals surface area contributed by atoms with Crippen molar-refractivity contribution >= 4 is 23.6 Å². The van der Waals surface area contributed by atoms with Crippen LogP contribution in [-0.4, -0.2) is 85.9 Å². The van der Waals surface area contributed by atoms with Crippen molar-refractivity contribution in [3.8, 4) is 11.5 Å². The lowest BCUT2D eigenvalue weighted by Crippen LogP contribution is -2.63. The van der Waals surface area contributed by atoms with Crippen molar-refractivity contribution in [3.05, 3.63) is 35.1 Å². The van der Waals surface area contributed by atoms with Crippen LogP contribution in [-0.2, 0) is 26.2 Å². The molecule has 5 rings (SSSR count). The molecule has 0 saturated carbocycles. The van der Waals surface area contributed by atoms with E-state index in [1.165, 1.54) is 23.0 Å². The van der Waals surface area contributed by atoms with Crippen molar-refractivity contribution in [3.63, 3.8) is 0 Å². The van der Waals surface area contributed by atoms with Crippen LogP contribution in [0, 0.1) is 11.3 Å². The number of nitrogens with zero attached hydrogens (tertiary/aromatic N) is 2. The number of ether oxygens (including phenoxy) is 3. The van der Waals surface area contributed by atoms with E-state index in [1.807, 2.05) is 12.1 Å². The Bertz CT molecular complexity index is 1310. The highest BCUT2D eigenvalue weighted by Gasteiger charge is 2.64. The second-order valence-corrected chi connectivity index (χ2v) is 12.5. The first-order valence-corrected chi connectivity index (χ1v) is 15.4. The van der Waals surface area contributed by atoms with E-state index in [1.54, 1.807) is 14.2 Å². The zero-order chi connectivity index (χ0) is 30.9. The van der Waals surface area contributed by atoms with E-state index >= 15 is 0 Å². The fourth-order valence-electron chi connectivity index (χ4n) is 7.72. The van der Waals surface area contributed by atoms with Crippen molar-refractivity contribution in [2.75, 3.05) is 34.3 Å². The lowest BCUT2D eigenvalue weighted by Gasteiger charge is -2.56. The maximum Gasteiger partial charge on any atom is 0.414 e. The van der Waals surface area contributed by atoms with Crippen molar-refractivity contribution in [1.82, 2.24) is 15.1 Å². The van der Waals surface area contributed by atoms with Crippen LogP contribution >= 0.6 is 0 Å². The van der Waals surface area contributed by atoms with Crippen LogP contribution in [0.15, 0.2) is 24.0 Å². The molecule has 2 heterocycles. The molecule has 0 radical (unpaired) electrons. The van der Waals surface area contributed by atoms with Gasteiger partial charge in [0, 0.05) is 50.4 Å². The molecule has 43 heavy (non-hydrogen) atoms. The highest BCUT2D eigenvalue weighted by molar-refractivity contribution is 5.88. The van der Waals surface area contributed by atoms with Gasteiger partial charge in [0.15, 0.2) is 23.4 Å². The van der Waals surface area contributed by atoms with E-state index in [4.69, 9.17) is 25.4 Å². The van der Waals surface area contributed by atoms with Gasteiger partial charge >= 0.3 is 6.09 Å². The zero-order valence-corrected chi connectivity index (χ0v) is 25.7. The Labute approximate surface area is 253 Å². The summed E-state index contributed by atoms with van der Waals surface area (Å²) in [5, 5.41) is 10.1. The standard InChI is InChI=1S/C32H45N5O6/c1-19(38)35-22(8-5-6-10-27(33)34)24(39)9-7-16-37(3)31(40)42-26-14-12-21-23-18-20-11-13-25(41-4)29-28(20)32(21,30(26)43-29)15-17-36(23)2/h11,13-14,21-23,30H,5-10,12,15-18H2,1-4H3,(H3,33,34)(H,35,38)/t21-,22-,23?,30-,32-/m0/s1. The molecule has 2 amide bonds. The number of carbonyl (C=O) groups excluding carboxylic acids is 3. The molecule has 1 unspecified atom stereocenters. The quantitative estimate of drug-likeness (QED) is 0.179. The minimum Gasteiger partial charge on any atom is -0.493 e. The predicted octanol–water partition coefficient (Wildman–Crippen LogP) is 3.28. The first kappa shape index (κ1) is 30.8. The summed E-state index contributed by atoms with van der Waals surface area (Å²) in [5.74, 6) is 2.19. The number of allylic oxidation sites excluding steroid dienone is 1. The largest absolute Gasteiger partial charge is 0.493 e. The highest BCUT2D eigenvalue weighted by atomic mass is 16.6. The van der Waals surface area contributed by atoms with Gasteiger partial charge in [-0.05, 0) is 75.7 Å². The van der Waals surface area contributed by atoms with Gasteiger partial charge in [0.05, 0.1) is 19.0 Å². The zero-order valence-electron chi connectivity index (χ0n) is 25.7. The van der Waals surface area contributed by atoms with Crippen LogP contribution in [0.5, 0.6) is 11.5 Å². The molecule has 1 fully saturated rings. The minimum atomic E-state index is -0.585. The van der Waals surface area contributed by atoms with E-state index < -0.39 is 18.2 Å². The van der Waals surface area contributed by atoms with Crippen molar-refractivity contribution in [2.24, 2.45) is 11.7 Å². The summed E-state index contributed by atoms with van der Waals surface area (Å²) in [7, 11) is 5.52. The van der Waals surface area contributed by atoms with Gasteiger partial charge < -0.3 is 35.1 Å². The molecule has 1 saturated heterocycles. The van der Waals surface area contributed by atoms with Crippen molar-refractivity contribution in [2.45, 2.75) is 88.3 Å². The third kappa shape index (κ3) is 5.83. The fraction of sp³-hybridized carbons (Fsp3) is 0.625. The molecule has 234 valence electrons. The smallest absolute Gasteiger partial charge is 0.414 e. The van der Waals surface area contributed by atoms with Crippen molar-refractivity contribution < 1.29 is 28.6 Å². The number of Topliss-reactive ketones (excluding diaryl/α,β-unsaturated/α-hetero) is 1. The van der Waals surface area contributed by atoms with Gasteiger partial charge in [-0.1, -0.05) is 12.5 Å². The average molecular weight is 596 g/mol. The maximum atomic E-state index is 13.3. The Balaban J connectivity index is 1.21. The number of unbranched alkanes of at least 4 members (excludes halogenated alkanes) is 1. The summed E-state index contributed by atoms with van der Waals surface area (Å²) in [5.41, 5.74) is 7.68. The van der Waals surface area contributed by atoms with E-state index in [-0.39, 0.29) is 29.4 Å². The second-order valence-electron chi connectivity index (χ2n) is 12.5. The molecule has 1 spiro atoms. The van der Waals surface area contributed by atoms with Crippen LogP contribution < -0.4 is 20.5 Å². The molecular formula is C32H45N5O6. The Morgan fingerprint density at radius 2 is 2.05 bits per heavy atom. The lowest BCUT2D eigenvalue weighted by molar-refractivity contribution is -0.127. The van der Waals surface area contributed by atoms with Gasteiger partial charge in [-0.3, -0.25) is 15.0 Å². The molecule has 1 aromatic carbocycles. The van der Waals surface area contributed by atoms with Gasteiger partial charge in [0.25, 0.3) is 0 Å². The molecular weight excluding hydrogens is 550 g/mol. The minimum absolute atomic E-state index is 0.0732. The monoisotopic (exact) mass is 595 g/mol. The molecule has 2 aliphatic heterocycles. The molecule has 2 aliphatic carbocycles. The lowest BCUT2D eigenvalue weighted by atomic mass is 9.53. The summed E-state index contributed by atoms with van der Waals surface area (Å²) < 4.78 is 18.4. The van der Waals surface area contributed by atoms with E-state index in [0.29, 0.717) is 62.1 Å². The molecule has 2 bridgehead atoms. The second kappa shape index (κ2) is 12.6. The number of amides is 2. The van der Waals surface area contributed by atoms with Gasteiger partial charge in [-0.25, -0.2) is 4.79 Å². The molecule has 11 heteroatoms. The first-order chi connectivity index (χ1) is 20.6. The number of nitrogens with one attached hydrogen (secondary N) is 2. The number of rotatable bonds is 13. The van der Waals surface area contributed by atoms with E-state index in [2.05, 4.69) is 23.3 Å². The van der Waals surface area contributed by atoms with Gasteiger partial charge in [0.2, 0.25) is 5.91 Å². The van der Waals surface area contributed by atoms with Crippen molar-refractivity contribution in [1.29, 1.82) is 5.41 Å². The highest BCUT2D eigenvalue weighted by Crippen LogP contribution is 2.63. The number of nitrogens with two attached hydrogens (primary N) is 1. The number of benzene rings is 1. The number of ketones is 1. The molecule has 4 aliphatic rings. The average Bonchev–Trinajstić information content (AvgIpc) is 3.32. The number of methoxy groups -OCH3 is 1. The number of amidine groups is 1. The number of likely N-dealkylation sites (tertiary alicyclic amines) is 1. The molecule has 5 atom stereocenters. The summed E-state index contributed by atoms with van der Waals surface area (Å²) >= 11 is 0. The predicted molar refractivity (Wildman–Crippen MR) is 161 cm³/mol. The molecule has 11 nitrogen and oxygen atoms in total. The summed E-state index contributed by atoms with van der Waals surface area (Å²) in [6.07, 6.45) is 6.84. The first-order valence-electron chi connectivity index (χ1n) is 15.4. The Hall–Kier alpha value is -3.60. The number of carbonyl (C=O) groups is 3. The normalized spacial score (nSPS) is 25.5. The summed E-state index contributed by atoms with van der Waals surface area (Å²) in [4.78, 5) is 41.8. The van der Waals surface area contributed by atoms with Gasteiger partial charge in [-0.2, -0.15) is 0 Å². The number of likely N-dealkylation sites (N-methyl/N-ethyl adjacent to an activating group) is 1. The van der Waals surface area contributed by atoms with Gasteiger partial charge in [-0.15, -0.1) is 0 Å². The third-order valence-corrected chi connectivity index (χ3v) is 9.82. The van der Waals surface area contributed by atoms with E-state index in [0.717, 1.165) is 31.6 Å². The fourth-order valence-corrected chi connectivity index (χ4v) is 7.72. The molecule has 1 aromatic rings. The number of hydrogen-bond acceptors (Lipinski definition) is 8. The number of piperidine rings is 1. The molecule has 0 aromatic heterocycles. The van der Waals surface area contributed by atoms with Crippen LogP contribution in [0.25, 0.3) is 0 Å². The van der Waals surface area contributed by atoms with Crippen LogP contribution in [0.2, 0.25) is 0 Å².